The Kier molecular flexibility index (Phi) is 3.87. The average Bonchev–Trinajstić information content (AvgIpc) is 2.92. The molecule has 0 aliphatic rings. The van der Waals surface area contributed by atoms with E-state index in [0.29, 0.717) is 10.9 Å². The Morgan fingerprint density at radius 2 is 2.00 bits per heavy atom. The summed E-state index contributed by atoms with van der Waals surface area (Å²) in [6.07, 6.45) is 0. The van der Waals surface area contributed by atoms with E-state index >= 15 is 0 Å². The molecule has 0 spiro atoms. The third-order valence-corrected chi connectivity index (χ3v) is 3.85. The Hall–Kier alpha value is -2.67. The number of ether oxygens (including phenoxy) is 1. The van der Waals surface area contributed by atoms with Gasteiger partial charge in [0.2, 0.25) is 0 Å². The molecule has 0 radical (unpaired) electrons. The van der Waals surface area contributed by atoms with Crippen molar-refractivity contribution in [1.82, 2.24) is 9.78 Å². The molecule has 0 bridgehead atoms. The Morgan fingerprint density at radius 3 is 2.65 bits per heavy atom. The topological polar surface area (TPSA) is 81.4 Å². The zero-order valence-corrected chi connectivity index (χ0v) is 13.6. The number of halogens is 1. The molecule has 0 saturated carbocycles. The number of fused-ring (bicyclic) bond motifs is 1. The van der Waals surface area contributed by atoms with Crippen LogP contribution in [-0.4, -0.2) is 33.9 Å². The summed E-state index contributed by atoms with van der Waals surface area (Å²) in [6, 6.07) is 11.9. The Labute approximate surface area is 139 Å². The largest absolute Gasteiger partial charge is 0.478 e. The molecule has 0 amide bonds. The van der Waals surface area contributed by atoms with Crippen LogP contribution in [0.25, 0.3) is 16.6 Å². The van der Waals surface area contributed by atoms with Gasteiger partial charge in [-0.3, -0.25) is 0 Å². The molecule has 1 aromatic heterocycles. The van der Waals surface area contributed by atoms with Crippen molar-refractivity contribution in [3.63, 3.8) is 0 Å². The van der Waals surface area contributed by atoms with Gasteiger partial charge in [0.25, 0.3) is 0 Å². The van der Waals surface area contributed by atoms with Gasteiger partial charge in [0.05, 0.1) is 23.9 Å². The number of carboxylic acid groups (broad SMARTS) is 1. The number of hydrogen-bond donors (Lipinski definition) is 1. The highest BCUT2D eigenvalue weighted by molar-refractivity contribution is 9.10. The van der Waals surface area contributed by atoms with Crippen molar-refractivity contribution in [3.05, 3.63) is 58.2 Å². The van der Waals surface area contributed by atoms with Gasteiger partial charge in [-0.25, -0.2) is 14.3 Å². The van der Waals surface area contributed by atoms with Crippen molar-refractivity contribution in [1.29, 1.82) is 0 Å². The number of carboxylic acids is 1. The maximum Gasteiger partial charge on any atom is 0.359 e. The zero-order valence-electron chi connectivity index (χ0n) is 12.0. The fourth-order valence-electron chi connectivity index (χ4n) is 2.30. The maximum atomic E-state index is 12.0. The summed E-state index contributed by atoms with van der Waals surface area (Å²) in [5, 5.41) is 13.9. The second kappa shape index (κ2) is 5.85. The quantitative estimate of drug-likeness (QED) is 0.711. The molecular weight excluding hydrogens is 364 g/mol. The lowest BCUT2D eigenvalue weighted by Crippen LogP contribution is -2.04. The second-order valence-electron chi connectivity index (χ2n) is 4.77. The standard InChI is InChI=1S/C16H11BrN2O4/c1-23-16(22)14-12-7-9(15(20)21)5-6-13(12)19(18-14)11-4-2-3-10(17)8-11/h2-8H,1H3,(H,20,21). The van der Waals surface area contributed by atoms with E-state index in [4.69, 9.17) is 9.84 Å². The van der Waals surface area contributed by atoms with E-state index < -0.39 is 11.9 Å². The van der Waals surface area contributed by atoms with Crippen LogP contribution in [0, 0.1) is 0 Å². The van der Waals surface area contributed by atoms with E-state index in [1.54, 1.807) is 10.7 Å². The fourth-order valence-corrected chi connectivity index (χ4v) is 2.69. The first-order valence-corrected chi connectivity index (χ1v) is 7.41. The van der Waals surface area contributed by atoms with Gasteiger partial charge < -0.3 is 9.84 Å². The number of esters is 1. The van der Waals surface area contributed by atoms with Crippen molar-refractivity contribution < 1.29 is 19.4 Å². The molecule has 116 valence electrons. The second-order valence-corrected chi connectivity index (χ2v) is 5.68. The predicted octanol–water partition coefficient (Wildman–Crippen LogP) is 3.27. The molecule has 3 rings (SSSR count). The summed E-state index contributed by atoms with van der Waals surface area (Å²) >= 11 is 3.39. The number of carbonyl (C=O) groups excluding carboxylic acids is 1. The third kappa shape index (κ3) is 2.70. The summed E-state index contributed by atoms with van der Waals surface area (Å²) < 4.78 is 7.19. The number of methoxy groups -OCH3 is 1. The number of rotatable bonds is 3. The van der Waals surface area contributed by atoms with Gasteiger partial charge in [-0.1, -0.05) is 22.0 Å². The minimum absolute atomic E-state index is 0.0746. The smallest absolute Gasteiger partial charge is 0.359 e. The Balaban J connectivity index is 2.31. The van der Waals surface area contributed by atoms with E-state index in [1.165, 1.54) is 19.2 Å². The van der Waals surface area contributed by atoms with Crippen molar-refractivity contribution in [2.45, 2.75) is 0 Å². The van der Waals surface area contributed by atoms with Gasteiger partial charge >= 0.3 is 11.9 Å². The lowest BCUT2D eigenvalue weighted by Gasteiger charge is -2.04. The van der Waals surface area contributed by atoms with Crippen LogP contribution in [-0.2, 0) is 4.74 Å². The minimum atomic E-state index is -1.07. The number of nitrogens with zero attached hydrogens (tertiary/aromatic N) is 2. The van der Waals surface area contributed by atoms with Crippen LogP contribution in [0.3, 0.4) is 0 Å². The van der Waals surface area contributed by atoms with Crippen LogP contribution in [0.2, 0.25) is 0 Å². The summed E-state index contributed by atoms with van der Waals surface area (Å²) in [6.45, 7) is 0. The molecule has 7 heteroatoms. The maximum absolute atomic E-state index is 12.0. The lowest BCUT2D eigenvalue weighted by molar-refractivity contribution is 0.0594. The summed E-state index contributed by atoms with van der Waals surface area (Å²) in [5.74, 6) is -1.69. The molecule has 0 fully saturated rings. The van der Waals surface area contributed by atoms with Crippen LogP contribution >= 0.6 is 15.9 Å². The monoisotopic (exact) mass is 374 g/mol. The summed E-state index contributed by atoms with van der Waals surface area (Å²) in [4.78, 5) is 23.1. The molecular formula is C16H11BrN2O4. The minimum Gasteiger partial charge on any atom is -0.478 e. The third-order valence-electron chi connectivity index (χ3n) is 3.36. The van der Waals surface area contributed by atoms with Gasteiger partial charge in [-0.15, -0.1) is 0 Å². The average molecular weight is 375 g/mol. The van der Waals surface area contributed by atoms with Crippen LogP contribution in [0.1, 0.15) is 20.8 Å². The normalized spacial score (nSPS) is 10.7. The fraction of sp³-hybridized carbons (Fsp3) is 0.0625. The van der Waals surface area contributed by atoms with Gasteiger partial charge in [-0.2, -0.15) is 5.10 Å². The van der Waals surface area contributed by atoms with Crippen LogP contribution < -0.4 is 0 Å². The van der Waals surface area contributed by atoms with Crippen LogP contribution in [0.15, 0.2) is 46.9 Å². The first-order chi connectivity index (χ1) is 11.0. The van der Waals surface area contributed by atoms with E-state index in [0.717, 1.165) is 10.2 Å². The molecule has 0 saturated heterocycles. The van der Waals surface area contributed by atoms with E-state index in [1.807, 2.05) is 24.3 Å². The van der Waals surface area contributed by atoms with Crippen LogP contribution in [0.4, 0.5) is 0 Å². The molecule has 23 heavy (non-hydrogen) atoms. The Bertz CT molecular complexity index is 933. The van der Waals surface area contributed by atoms with E-state index in [9.17, 15) is 9.59 Å². The lowest BCUT2D eigenvalue weighted by atomic mass is 10.1. The van der Waals surface area contributed by atoms with Crippen LogP contribution in [0.5, 0.6) is 0 Å². The molecule has 0 aliphatic carbocycles. The predicted molar refractivity (Wildman–Crippen MR) is 87.1 cm³/mol. The molecule has 0 atom stereocenters. The van der Waals surface area contributed by atoms with Gasteiger partial charge in [-0.05, 0) is 36.4 Å². The highest BCUT2D eigenvalue weighted by Gasteiger charge is 2.20. The molecule has 2 aromatic carbocycles. The number of hydrogen-bond acceptors (Lipinski definition) is 4. The number of carbonyl (C=O) groups is 2. The molecule has 1 N–H and O–H groups in total. The van der Waals surface area contributed by atoms with E-state index in [-0.39, 0.29) is 11.3 Å². The number of aromatic nitrogens is 2. The summed E-state index contributed by atoms with van der Waals surface area (Å²) in [7, 11) is 1.26. The molecule has 0 unspecified atom stereocenters. The van der Waals surface area contributed by atoms with Gasteiger partial charge in [0, 0.05) is 9.86 Å². The van der Waals surface area contributed by atoms with Crippen molar-refractivity contribution in [2.24, 2.45) is 0 Å². The molecule has 0 aliphatic heterocycles. The zero-order chi connectivity index (χ0) is 16.6. The Morgan fingerprint density at radius 1 is 1.22 bits per heavy atom. The van der Waals surface area contributed by atoms with Crippen molar-refractivity contribution >= 4 is 38.8 Å². The van der Waals surface area contributed by atoms with Gasteiger partial charge in [0.1, 0.15) is 0 Å². The number of aromatic carboxylic acids is 1. The first kappa shape index (κ1) is 15.2. The van der Waals surface area contributed by atoms with Crippen molar-refractivity contribution in [2.75, 3.05) is 7.11 Å². The van der Waals surface area contributed by atoms with Gasteiger partial charge in [0.15, 0.2) is 5.69 Å². The summed E-state index contributed by atoms with van der Waals surface area (Å²) in [5.41, 5.74) is 1.51. The van der Waals surface area contributed by atoms with Crippen molar-refractivity contribution in [3.8, 4) is 5.69 Å². The number of benzene rings is 2. The highest BCUT2D eigenvalue weighted by atomic mass is 79.9. The SMILES string of the molecule is COC(=O)c1nn(-c2cccc(Br)c2)c2ccc(C(=O)O)cc12. The molecule has 6 nitrogen and oxygen atoms in total. The van der Waals surface area contributed by atoms with E-state index in [2.05, 4.69) is 21.0 Å². The highest BCUT2D eigenvalue weighted by Crippen LogP contribution is 2.25. The molecule has 3 aromatic rings. The molecule has 1 heterocycles. The first-order valence-electron chi connectivity index (χ1n) is 6.61.